The molecule has 0 bridgehead atoms. The Morgan fingerprint density at radius 1 is 1.13 bits per heavy atom. The summed E-state index contributed by atoms with van der Waals surface area (Å²) in [6.45, 7) is 15.3. The molecule has 31 heavy (non-hydrogen) atoms. The normalized spacial score (nSPS) is 15.7. The van der Waals surface area contributed by atoms with Crippen LogP contribution >= 0.6 is 22.6 Å². The summed E-state index contributed by atoms with van der Waals surface area (Å²) in [6.07, 6.45) is 7.00. The monoisotopic (exact) mass is 674 g/mol. The Morgan fingerprint density at radius 3 is 2.32 bits per heavy atom. The first-order chi connectivity index (χ1) is 14.2. The maximum atomic E-state index is 12.3. The van der Waals surface area contributed by atoms with Gasteiger partial charge in [0.05, 0.1) is 0 Å². The van der Waals surface area contributed by atoms with Crippen molar-refractivity contribution in [3.63, 3.8) is 0 Å². The molecule has 0 fully saturated rings. The van der Waals surface area contributed by atoms with E-state index in [9.17, 15) is 4.79 Å². The molecule has 7 heteroatoms. The van der Waals surface area contributed by atoms with Crippen LogP contribution in [0.4, 0.5) is 0 Å². The number of rotatable bonds is 16. The average molecular weight is 673 g/mol. The topological polar surface area (TPSA) is 44.8 Å². The third kappa shape index (κ3) is 18.7. The van der Waals surface area contributed by atoms with Gasteiger partial charge in [0, 0.05) is 14.7 Å². The molecule has 0 aliphatic carbocycles. The molecular weight excluding hydrogens is 626 g/mol. The fourth-order valence-electron chi connectivity index (χ4n) is 2.67. The molecule has 0 aliphatic heterocycles. The molecule has 0 spiro atoms. The standard InChI is InChI=1S/C21H38IO4Si.3CH3.Sn/c1-7-9-21(23)26-20(15-22)14-18(2)10-8-11-19(3)16-25-17-24-12-13-27(4,5)6;;;;/h9,11,18,20H,8,10,12-17H2,1-6H3;3*1H3;/b9-7?,19-11+;;;;/t18-,20-;;;;/m1..../s1. The zero-order valence-corrected chi connectivity index (χ0v) is 27.5. The van der Waals surface area contributed by atoms with Crippen LogP contribution in [0.2, 0.25) is 40.5 Å². The molecule has 0 radical (unpaired) electrons. The van der Waals surface area contributed by atoms with Crippen molar-refractivity contribution in [2.45, 2.75) is 86.6 Å². The molecule has 0 amide bonds. The summed E-state index contributed by atoms with van der Waals surface area (Å²) >= 11 is 0.159. The Morgan fingerprint density at radius 2 is 1.77 bits per heavy atom. The Balaban J connectivity index is 4.18. The van der Waals surface area contributed by atoms with Gasteiger partial charge >= 0.3 is 156 Å². The SMILES string of the molecule is C/[C](=C/C(=O)O[C@@H](CI)C[C@H](C)CC/C=C(\C)COCOCC[Si](C)(C)C)[Sn]([CH3])([CH3])[CH3]. The minimum atomic E-state index is -2.16. The van der Waals surface area contributed by atoms with Crippen LogP contribution in [-0.4, -0.2) is 63.0 Å². The number of esters is 1. The van der Waals surface area contributed by atoms with Crippen molar-refractivity contribution in [1.29, 1.82) is 0 Å². The third-order valence-corrected chi connectivity index (χ3v) is 15.1. The van der Waals surface area contributed by atoms with E-state index in [-0.39, 0.29) is 12.1 Å². The fraction of sp³-hybridized carbons (Fsp3) is 0.792. The third-order valence-electron chi connectivity index (χ3n) is 5.28. The molecule has 4 nitrogen and oxygen atoms in total. The van der Waals surface area contributed by atoms with Gasteiger partial charge < -0.3 is 9.47 Å². The number of carbonyl (C=O) groups is 1. The summed E-state index contributed by atoms with van der Waals surface area (Å²) in [5, 5.41) is 0. The number of halogens is 1. The quantitative estimate of drug-likeness (QED) is 0.0254. The first kappa shape index (κ1) is 31.6. The van der Waals surface area contributed by atoms with Crippen molar-refractivity contribution in [3.8, 4) is 0 Å². The fourth-order valence-corrected chi connectivity index (χ4v) is 5.54. The van der Waals surface area contributed by atoms with E-state index in [0.29, 0.717) is 19.3 Å². The van der Waals surface area contributed by atoms with Gasteiger partial charge in [-0.2, -0.15) is 0 Å². The molecule has 0 aromatic rings. The Labute approximate surface area is 211 Å². The van der Waals surface area contributed by atoms with Crippen LogP contribution in [0.15, 0.2) is 21.3 Å². The Bertz CT molecular complexity index is 579. The van der Waals surface area contributed by atoms with E-state index in [2.05, 4.69) is 83.9 Å². The van der Waals surface area contributed by atoms with Crippen molar-refractivity contribution in [3.05, 3.63) is 21.3 Å². The van der Waals surface area contributed by atoms with Gasteiger partial charge in [0.1, 0.15) is 6.79 Å². The van der Waals surface area contributed by atoms with Crippen LogP contribution in [0.5, 0.6) is 0 Å². The van der Waals surface area contributed by atoms with Crippen molar-refractivity contribution >= 4 is 55.0 Å². The summed E-state index contributed by atoms with van der Waals surface area (Å²) in [4.78, 5) is 19.2. The second-order valence-electron chi connectivity index (χ2n) is 10.9. The zero-order chi connectivity index (χ0) is 24.1. The predicted molar refractivity (Wildman–Crippen MR) is 148 cm³/mol. The summed E-state index contributed by atoms with van der Waals surface area (Å²) in [5.74, 6) is 0.340. The number of allylic oxidation sites excluding steroid dienone is 2. The van der Waals surface area contributed by atoms with Crippen molar-refractivity contribution < 1.29 is 19.0 Å². The maximum absolute atomic E-state index is 12.3. The van der Waals surface area contributed by atoms with E-state index in [1.165, 1.54) is 15.2 Å². The van der Waals surface area contributed by atoms with E-state index in [0.717, 1.165) is 30.3 Å². The molecule has 182 valence electrons. The van der Waals surface area contributed by atoms with Crippen LogP contribution < -0.4 is 0 Å². The molecule has 0 aliphatic rings. The molecule has 0 saturated heterocycles. The summed E-state index contributed by atoms with van der Waals surface area (Å²) < 4.78 is 19.0. The molecule has 0 unspecified atom stereocenters. The van der Waals surface area contributed by atoms with E-state index < -0.39 is 26.5 Å². The number of hydrogen-bond donors (Lipinski definition) is 0. The molecule has 0 heterocycles. The minimum absolute atomic E-state index is 0.0102. The molecule has 0 aromatic heterocycles. The van der Waals surface area contributed by atoms with Gasteiger partial charge in [-0.25, -0.2) is 0 Å². The van der Waals surface area contributed by atoms with Crippen molar-refractivity contribution in [2.24, 2.45) is 5.92 Å². The molecule has 0 aromatic carbocycles. The number of carbonyl (C=O) groups excluding carboxylic acids is 1. The molecule has 2 atom stereocenters. The first-order valence-corrected chi connectivity index (χ1v) is 26.7. The van der Waals surface area contributed by atoms with E-state index >= 15 is 0 Å². The van der Waals surface area contributed by atoms with Crippen LogP contribution in [-0.2, 0) is 19.0 Å². The van der Waals surface area contributed by atoms with E-state index in [1.807, 2.05) is 0 Å². The van der Waals surface area contributed by atoms with Gasteiger partial charge in [-0.3, -0.25) is 0 Å². The number of ether oxygens (including phenoxy) is 3. The molecule has 0 rings (SSSR count). The predicted octanol–water partition coefficient (Wildman–Crippen LogP) is 7.24. The van der Waals surface area contributed by atoms with E-state index in [1.54, 1.807) is 6.08 Å². The molecule has 0 N–H and O–H groups in total. The summed E-state index contributed by atoms with van der Waals surface area (Å²) in [7, 11) is -1.03. The summed E-state index contributed by atoms with van der Waals surface area (Å²) in [6, 6.07) is 1.17. The van der Waals surface area contributed by atoms with Gasteiger partial charge in [0.25, 0.3) is 0 Å². The average Bonchev–Trinajstić information content (AvgIpc) is 2.62. The van der Waals surface area contributed by atoms with Crippen LogP contribution in [0.25, 0.3) is 0 Å². The Kier molecular flexibility index (Phi) is 16.6. The van der Waals surface area contributed by atoms with Gasteiger partial charge in [-0.15, -0.1) is 0 Å². The second kappa shape index (κ2) is 16.3. The van der Waals surface area contributed by atoms with Crippen LogP contribution in [0, 0.1) is 5.92 Å². The van der Waals surface area contributed by atoms with Gasteiger partial charge in [0.15, 0.2) is 0 Å². The summed E-state index contributed by atoms with van der Waals surface area (Å²) in [5.41, 5.74) is 1.24. The van der Waals surface area contributed by atoms with Gasteiger partial charge in [-0.1, -0.05) is 19.6 Å². The van der Waals surface area contributed by atoms with Gasteiger partial charge in [-0.05, 0) is 6.04 Å². The van der Waals surface area contributed by atoms with Crippen molar-refractivity contribution in [1.82, 2.24) is 0 Å². The Hall–Kier alpha value is 0.616. The zero-order valence-electron chi connectivity index (χ0n) is 21.5. The number of hydrogen-bond acceptors (Lipinski definition) is 4. The van der Waals surface area contributed by atoms with E-state index in [4.69, 9.17) is 14.2 Å². The van der Waals surface area contributed by atoms with Crippen molar-refractivity contribution in [2.75, 3.05) is 24.4 Å². The molecular formula is C24H47IO4SiSn. The van der Waals surface area contributed by atoms with Gasteiger partial charge in [0.2, 0.25) is 0 Å². The molecule has 0 saturated carbocycles. The first-order valence-electron chi connectivity index (χ1n) is 11.5. The van der Waals surface area contributed by atoms with Crippen LogP contribution in [0.3, 0.4) is 0 Å². The number of alkyl halides is 1. The second-order valence-corrected chi connectivity index (χ2v) is 32.5. The van der Waals surface area contributed by atoms with Crippen LogP contribution in [0.1, 0.15) is 40.0 Å².